The van der Waals surface area contributed by atoms with Crippen molar-refractivity contribution in [3.05, 3.63) is 81.2 Å². The molecule has 0 saturated carbocycles. The maximum atomic E-state index is 13.1. The Morgan fingerprint density at radius 1 is 0.970 bits per heavy atom. The molecule has 0 fully saturated rings. The number of carbonyl (C=O) groups excluding carboxylic acids is 2. The third kappa shape index (κ3) is 5.93. The molecule has 3 aromatic rings. The maximum absolute atomic E-state index is 13.1. The first-order valence-corrected chi connectivity index (χ1v) is 11.0. The zero-order valence-electron chi connectivity index (χ0n) is 18.9. The minimum Gasteiger partial charge on any atom is -0.493 e. The van der Waals surface area contributed by atoms with E-state index in [1.165, 1.54) is 32.7 Å². The van der Waals surface area contributed by atoms with Crippen LogP contribution in [-0.2, 0) is 11.3 Å². The van der Waals surface area contributed by atoms with Crippen LogP contribution in [0, 0.1) is 6.92 Å². The van der Waals surface area contributed by atoms with Crippen LogP contribution in [0.4, 0.5) is 0 Å². The van der Waals surface area contributed by atoms with Crippen molar-refractivity contribution in [2.75, 3.05) is 21.3 Å². The second-order valence-corrected chi connectivity index (χ2v) is 8.05. The average molecular weight is 467 g/mol. The fourth-order valence-electron chi connectivity index (χ4n) is 3.23. The summed E-state index contributed by atoms with van der Waals surface area (Å²) < 4.78 is 16.2. The molecule has 0 aliphatic heterocycles. The molecule has 0 aliphatic carbocycles. The van der Waals surface area contributed by atoms with Crippen LogP contribution in [0.2, 0.25) is 0 Å². The Hall–Kier alpha value is -3.78. The summed E-state index contributed by atoms with van der Waals surface area (Å²) in [5, 5.41) is 7.50. The molecule has 0 spiro atoms. The summed E-state index contributed by atoms with van der Waals surface area (Å²) >= 11 is 1.47. The summed E-state index contributed by atoms with van der Waals surface area (Å²) in [6.45, 7) is 2.06. The highest BCUT2D eigenvalue weighted by Gasteiger charge is 2.19. The van der Waals surface area contributed by atoms with Gasteiger partial charge < -0.3 is 24.8 Å². The van der Waals surface area contributed by atoms with Crippen molar-refractivity contribution in [2.45, 2.75) is 13.5 Å². The van der Waals surface area contributed by atoms with Crippen molar-refractivity contribution in [1.29, 1.82) is 0 Å². The normalized spacial score (nSPS) is 11.0. The van der Waals surface area contributed by atoms with Gasteiger partial charge in [-0.15, -0.1) is 11.3 Å². The molecule has 8 heteroatoms. The first-order valence-electron chi connectivity index (χ1n) is 10.2. The van der Waals surface area contributed by atoms with Crippen LogP contribution in [-0.4, -0.2) is 33.1 Å². The number of aryl methyl sites for hydroxylation is 1. The van der Waals surface area contributed by atoms with Crippen molar-refractivity contribution in [3.8, 4) is 17.2 Å². The highest BCUT2D eigenvalue weighted by Crippen LogP contribution is 2.39. The monoisotopic (exact) mass is 466 g/mol. The van der Waals surface area contributed by atoms with Gasteiger partial charge in [0.15, 0.2) is 11.5 Å². The van der Waals surface area contributed by atoms with E-state index in [1.807, 2.05) is 30.5 Å². The minimum atomic E-state index is -0.429. The molecule has 0 saturated heterocycles. The van der Waals surface area contributed by atoms with Crippen molar-refractivity contribution < 1.29 is 23.8 Å². The highest BCUT2D eigenvalue weighted by atomic mass is 32.1. The number of amides is 2. The molecule has 172 valence electrons. The molecule has 1 heterocycles. The van der Waals surface area contributed by atoms with Crippen molar-refractivity contribution in [3.63, 3.8) is 0 Å². The second kappa shape index (κ2) is 11.2. The van der Waals surface area contributed by atoms with Crippen LogP contribution >= 0.6 is 11.3 Å². The van der Waals surface area contributed by atoms with E-state index in [2.05, 4.69) is 10.6 Å². The SMILES string of the molecule is COc1ccc(CNC(=O)/C(=C/c2cccs2)NC(=O)c2cccc(C)c2)c(OC)c1OC. The van der Waals surface area contributed by atoms with E-state index in [4.69, 9.17) is 14.2 Å². The topological polar surface area (TPSA) is 85.9 Å². The van der Waals surface area contributed by atoms with Gasteiger partial charge in [-0.2, -0.15) is 0 Å². The predicted octanol–water partition coefficient (Wildman–Crippen LogP) is 4.17. The van der Waals surface area contributed by atoms with Gasteiger partial charge in [0.1, 0.15) is 5.70 Å². The van der Waals surface area contributed by atoms with E-state index in [9.17, 15) is 9.59 Å². The van der Waals surface area contributed by atoms with Crippen LogP contribution in [0.1, 0.15) is 26.4 Å². The smallest absolute Gasteiger partial charge is 0.268 e. The number of nitrogens with one attached hydrogen (secondary N) is 2. The zero-order chi connectivity index (χ0) is 23.8. The largest absolute Gasteiger partial charge is 0.493 e. The molecule has 2 aromatic carbocycles. The molecule has 2 amide bonds. The molecule has 7 nitrogen and oxygen atoms in total. The number of benzene rings is 2. The summed E-state index contributed by atoms with van der Waals surface area (Å²) in [6.07, 6.45) is 1.65. The quantitative estimate of drug-likeness (QED) is 0.463. The van der Waals surface area contributed by atoms with Crippen LogP contribution < -0.4 is 24.8 Å². The fraction of sp³-hybridized carbons (Fsp3) is 0.200. The Kier molecular flexibility index (Phi) is 8.10. The van der Waals surface area contributed by atoms with Crippen molar-refractivity contribution in [2.24, 2.45) is 0 Å². The Morgan fingerprint density at radius 2 is 1.76 bits per heavy atom. The fourth-order valence-corrected chi connectivity index (χ4v) is 3.89. The molecule has 0 atom stereocenters. The van der Waals surface area contributed by atoms with E-state index >= 15 is 0 Å². The number of methoxy groups -OCH3 is 3. The number of thiophene rings is 1. The van der Waals surface area contributed by atoms with Gasteiger partial charge in [-0.05, 0) is 48.7 Å². The van der Waals surface area contributed by atoms with Crippen molar-refractivity contribution in [1.82, 2.24) is 10.6 Å². The maximum Gasteiger partial charge on any atom is 0.268 e. The Balaban J connectivity index is 1.82. The third-order valence-corrected chi connectivity index (χ3v) is 5.65. The number of hydrogen-bond donors (Lipinski definition) is 2. The molecule has 0 unspecified atom stereocenters. The van der Waals surface area contributed by atoms with Crippen LogP contribution in [0.15, 0.2) is 59.6 Å². The lowest BCUT2D eigenvalue weighted by Gasteiger charge is -2.16. The molecule has 1 aromatic heterocycles. The number of carbonyl (C=O) groups is 2. The van der Waals surface area contributed by atoms with E-state index in [-0.39, 0.29) is 18.1 Å². The molecule has 2 N–H and O–H groups in total. The van der Waals surface area contributed by atoms with E-state index < -0.39 is 5.91 Å². The lowest BCUT2D eigenvalue weighted by molar-refractivity contribution is -0.117. The van der Waals surface area contributed by atoms with Gasteiger partial charge in [0.25, 0.3) is 11.8 Å². The number of hydrogen-bond acceptors (Lipinski definition) is 6. The summed E-state index contributed by atoms with van der Waals surface area (Å²) in [7, 11) is 4.58. The van der Waals surface area contributed by atoms with Crippen molar-refractivity contribution >= 4 is 29.2 Å². The average Bonchev–Trinajstić information content (AvgIpc) is 3.34. The molecule has 0 aliphatic rings. The zero-order valence-corrected chi connectivity index (χ0v) is 19.7. The van der Waals surface area contributed by atoms with Gasteiger partial charge in [0, 0.05) is 22.5 Å². The summed E-state index contributed by atoms with van der Waals surface area (Å²) in [4.78, 5) is 26.7. The number of ether oxygens (including phenoxy) is 3. The molecule has 33 heavy (non-hydrogen) atoms. The van der Waals surface area contributed by atoms with Crippen LogP contribution in [0.5, 0.6) is 17.2 Å². The van der Waals surface area contributed by atoms with E-state index in [0.29, 0.717) is 28.4 Å². The predicted molar refractivity (Wildman–Crippen MR) is 129 cm³/mol. The second-order valence-electron chi connectivity index (χ2n) is 7.07. The standard InChI is InChI=1S/C25H26N2O5S/c1-16-7-5-8-17(13-16)24(28)27-20(14-19-9-6-12-33-19)25(29)26-15-18-10-11-21(30-2)23(32-4)22(18)31-3/h5-14H,15H2,1-4H3,(H,26,29)(H,27,28)/b20-14-. The van der Waals surface area contributed by atoms with Gasteiger partial charge in [0.2, 0.25) is 5.75 Å². The first-order chi connectivity index (χ1) is 16.0. The summed E-state index contributed by atoms with van der Waals surface area (Å²) in [5.41, 5.74) is 2.27. The minimum absolute atomic E-state index is 0.142. The first kappa shape index (κ1) is 23.9. The van der Waals surface area contributed by atoms with E-state index in [0.717, 1.165) is 10.4 Å². The lowest BCUT2D eigenvalue weighted by Crippen LogP contribution is -2.34. The molecule has 3 rings (SSSR count). The van der Waals surface area contributed by atoms with Gasteiger partial charge in [-0.1, -0.05) is 23.8 Å². The molecule has 0 radical (unpaired) electrons. The molecule has 0 bridgehead atoms. The molecular formula is C25H26N2O5S. The summed E-state index contributed by atoms with van der Waals surface area (Å²) in [6, 6.07) is 14.5. The van der Waals surface area contributed by atoms with Gasteiger partial charge in [-0.25, -0.2) is 0 Å². The van der Waals surface area contributed by atoms with Crippen LogP contribution in [0.3, 0.4) is 0 Å². The lowest BCUT2D eigenvalue weighted by atomic mass is 10.1. The summed E-state index contributed by atoms with van der Waals surface area (Å²) in [5.74, 6) is 0.633. The van der Waals surface area contributed by atoms with Gasteiger partial charge in [0.05, 0.1) is 21.3 Å². The van der Waals surface area contributed by atoms with Gasteiger partial charge in [-0.3, -0.25) is 9.59 Å². The number of rotatable bonds is 9. The third-order valence-electron chi connectivity index (χ3n) is 4.83. The van der Waals surface area contributed by atoms with Crippen LogP contribution in [0.25, 0.3) is 6.08 Å². The highest BCUT2D eigenvalue weighted by molar-refractivity contribution is 7.10. The van der Waals surface area contributed by atoms with Gasteiger partial charge >= 0.3 is 0 Å². The molecular weight excluding hydrogens is 440 g/mol. The Labute approximate surface area is 197 Å². The van der Waals surface area contributed by atoms with E-state index in [1.54, 1.807) is 36.4 Å². The Morgan fingerprint density at radius 3 is 2.39 bits per heavy atom. The Bertz CT molecular complexity index is 1160.